The fourth-order valence-corrected chi connectivity index (χ4v) is 2.29. The molecule has 0 saturated heterocycles. The first-order valence-corrected chi connectivity index (χ1v) is 7.29. The second-order valence-electron chi connectivity index (χ2n) is 4.94. The summed E-state index contributed by atoms with van der Waals surface area (Å²) in [4.78, 5) is 15.9. The number of rotatable bonds is 6. The fraction of sp³-hybridized carbons (Fsp3) is 0.333. The van der Waals surface area contributed by atoms with Crippen LogP contribution in [-0.4, -0.2) is 28.7 Å². The number of methoxy groups -OCH3 is 1. The van der Waals surface area contributed by atoms with Gasteiger partial charge >= 0.3 is 6.03 Å². The van der Waals surface area contributed by atoms with Crippen molar-refractivity contribution in [2.75, 3.05) is 7.11 Å². The number of ether oxygens (including phenoxy) is 1. The topological polar surface area (TPSA) is 68.2 Å². The van der Waals surface area contributed by atoms with Gasteiger partial charge in [-0.05, 0) is 25.1 Å². The Morgan fingerprint density at radius 3 is 3.00 bits per heavy atom. The Bertz CT molecular complexity index is 616. The van der Waals surface area contributed by atoms with E-state index in [0.29, 0.717) is 23.9 Å². The van der Waals surface area contributed by atoms with Gasteiger partial charge < -0.3 is 19.9 Å². The van der Waals surface area contributed by atoms with Crippen LogP contribution in [0.3, 0.4) is 0 Å². The van der Waals surface area contributed by atoms with Crippen molar-refractivity contribution in [3.05, 3.63) is 47.5 Å². The second kappa shape index (κ2) is 7.70. The summed E-state index contributed by atoms with van der Waals surface area (Å²) in [6, 6.07) is 5.04. The van der Waals surface area contributed by atoms with Crippen molar-refractivity contribution in [3.63, 3.8) is 0 Å². The van der Waals surface area contributed by atoms with E-state index < -0.39 is 0 Å². The van der Waals surface area contributed by atoms with Crippen molar-refractivity contribution in [2.24, 2.45) is 0 Å². The highest BCUT2D eigenvalue weighted by molar-refractivity contribution is 6.30. The molecular weight excluding hydrogens is 304 g/mol. The molecule has 0 aliphatic heterocycles. The molecule has 0 spiro atoms. The lowest BCUT2D eigenvalue weighted by atomic mass is 10.2. The number of carbonyl (C=O) groups is 1. The zero-order valence-electron chi connectivity index (χ0n) is 12.5. The third-order valence-corrected chi connectivity index (χ3v) is 3.34. The van der Waals surface area contributed by atoms with Crippen LogP contribution in [0.15, 0.2) is 36.9 Å². The summed E-state index contributed by atoms with van der Waals surface area (Å²) < 4.78 is 7.15. The van der Waals surface area contributed by atoms with E-state index in [1.807, 2.05) is 17.7 Å². The van der Waals surface area contributed by atoms with Gasteiger partial charge in [0.05, 0.1) is 13.4 Å². The third kappa shape index (κ3) is 4.66. The highest BCUT2D eigenvalue weighted by Gasteiger charge is 2.09. The summed E-state index contributed by atoms with van der Waals surface area (Å²) in [5.74, 6) is 0.691. The van der Waals surface area contributed by atoms with E-state index in [1.54, 1.807) is 37.8 Å². The van der Waals surface area contributed by atoms with Gasteiger partial charge in [-0.25, -0.2) is 9.78 Å². The zero-order chi connectivity index (χ0) is 15.9. The molecule has 1 heterocycles. The summed E-state index contributed by atoms with van der Waals surface area (Å²) in [6.45, 7) is 2.93. The van der Waals surface area contributed by atoms with E-state index in [9.17, 15) is 4.79 Å². The molecule has 0 aliphatic carbocycles. The van der Waals surface area contributed by atoms with Crippen molar-refractivity contribution in [3.8, 4) is 5.75 Å². The molecule has 0 unspecified atom stereocenters. The Labute approximate surface area is 134 Å². The third-order valence-electron chi connectivity index (χ3n) is 3.10. The van der Waals surface area contributed by atoms with E-state index in [0.717, 1.165) is 5.56 Å². The van der Waals surface area contributed by atoms with Crippen LogP contribution in [0.5, 0.6) is 5.75 Å². The Kier molecular flexibility index (Phi) is 5.66. The molecule has 0 bridgehead atoms. The van der Waals surface area contributed by atoms with E-state index in [4.69, 9.17) is 16.3 Å². The summed E-state index contributed by atoms with van der Waals surface area (Å²) in [7, 11) is 1.58. The maximum Gasteiger partial charge on any atom is 0.315 e. The molecule has 2 aromatic rings. The number of hydrogen-bond acceptors (Lipinski definition) is 3. The molecule has 7 heteroatoms. The minimum Gasteiger partial charge on any atom is -0.496 e. The lowest BCUT2D eigenvalue weighted by molar-refractivity contribution is 0.236. The van der Waals surface area contributed by atoms with Gasteiger partial charge in [-0.3, -0.25) is 0 Å². The molecule has 2 N–H and O–H groups in total. The molecule has 0 saturated carbocycles. The Hall–Kier alpha value is -2.21. The number of hydrogen-bond donors (Lipinski definition) is 2. The highest BCUT2D eigenvalue weighted by Crippen LogP contribution is 2.22. The molecule has 0 fully saturated rings. The van der Waals surface area contributed by atoms with Crippen LogP contribution < -0.4 is 15.4 Å². The van der Waals surface area contributed by atoms with Gasteiger partial charge in [0.25, 0.3) is 0 Å². The Balaban J connectivity index is 1.83. The molecule has 0 aliphatic rings. The number of imidazole rings is 1. The number of urea groups is 1. The van der Waals surface area contributed by atoms with Crippen molar-refractivity contribution >= 4 is 17.6 Å². The van der Waals surface area contributed by atoms with Crippen LogP contribution >= 0.6 is 11.6 Å². The maximum absolute atomic E-state index is 11.9. The van der Waals surface area contributed by atoms with Crippen molar-refractivity contribution < 1.29 is 9.53 Å². The van der Waals surface area contributed by atoms with Gasteiger partial charge in [0.15, 0.2) is 0 Å². The summed E-state index contributed by atoms with van der Waals surface area (Å²) in [5, 5.41) is 6.27. The number of amides is 2. The van der Waals surface area contributed by atoms with Crippen LogP contribution in [0.1, 0.15) is 12.5 Å². The minimum atomic E-state index is -0.241. The minimum absolute atomic E-state index is 0.0181. The molecule has 2 amide bonds. The number of aromatic nitrogens is 2. The standard InChI is InChI=1S/C15H19ClN4O2/c1-11(9-20-6-5-17-10-20)19-15(21)18-8-12-7-13(16)3-4-14(12)22-2/h3-7,10-11H,8-9H2,1-2H3,(H2,18,19,21)/t11-/m0/s1. The van der Waals surface area contributed by atoms with Gasteiger partial charge in [-0.1, -0.05) is 11.6 Å². The quantitative estimate of drug-likeness (QED) is 0.858. The SMILES string of the molecule is COc1ccc(Cl)cc1CNC(=O)N[C@@H](C)Cn1ccnc1. The maximum atomic E-state index is 11.9. The lowest BCUT2D eigenvalue weighted by Gasteiger charge is -2.16. The normalized spacial score (nSPS) is 11.8. The van der Waals surface area contributed by atoms with Crippen molar-refractivity contribution in [2.45, 2.75) is 26.1 Å². The van der Waals surface area contributed by atoms with Crippen molar-refractivity contribution in [1.82, 2.24) is 20.2 Å². The predicted octanol–water partition coefficient (Wildman–Crippen LogP) is 2.43. The number of benzene rings is 1. The number of nitrogens with zero attached hydrogens (tertiary/aromatic N) is 2. The summed E-state index contributed by atoms with van der Waals surface area (Å²) in [5.41, 5.74) is 0.826. The molecule has 22 heavy (non-hydrogen) atoms. The fourth-order valence-electron chi connectivity index (χ4n) is 2.09. The average molecular weight is 323 g/mol. The Morgan fingerprint density at radius 2 is 2.32 bits per heavy atom. The monoisotopic (exact) mass is 322 g/mol. The van der Waals surface area contributed by atoms with Crippen LogP contribution in [-0.2, 0) is 13.1 Å². The van der Waals surface area contributed by atoms with Crippen LogP contribution in [0.4, 0.5) is 4.79 Å². The van der Waals surface area contributed by atoms with Gasteiger partial charge in [-0.2, -0.15) is 0 Å². The van der Waals surface area contributed by atoms with Gasteiger partial charge in [0.1, 0.15) is 5.75 Å². The summed E-state index contributed by atoms with van der Waals surface area (Å²) >= 11 is 5.96. The second-order valence-corrected chi connectivity index (χ2v) is 5.38. The first-order chi connectivity index (χ1) is 10.6. The summed E-state index contributed by atoms with van der Waals surface area (Å²) in [6.07, 6.45) is 5.28. The molecule has 1 atom stereocenters. The molecule has 6 nitrogen and oxygen atoms in total. The first kappa shape index (κ1) is 16.2. The average Bonchev–Trinajstić information content (AvgIpc) is 2.98. The van der Waals surface area contributed by atoms with Gasteiger partial charge in [-0.15, -0.1) is 0 Å². The van der Waals surface area contributed by atoms with E-state index in [2.05, 4.69) is 15.6 Å². The van der Waals surface area contributed by atoms with Gasteiger partial charge in [0, 0.05) is 42.1 Å². The number of halogens is 1. The molecule has 1 aromatic heterocycles. The molecule has 0 radical (unpaired) electrons. The molecule has 118 valence electrons. The zero-order valence-corrected chi connectivity index (χ0v) is 13.3. The molecular formula is C15H19ClN4O2. The lowest BCUT2D eigenvalue weighted by Crippen LogP contribution is -2.42. The molecule has 2 rings (SSSR count). The van der Waals surface area contributed by atoms with E-state index in [1.165, 1.54) is 0 Å². The van der Waals surface area contributed by atoms with Crippen LogP contribution in [0, 0.1) is 0 Å². The van der Waals surface area contributed by atoms with Crippen molar-refractivity contribution in [1.29, 1.82) is 0 Å². The smallest absolute Gasteiger partial charge is 0.315 e. The number of nitrogens with one attached hydrogen (secondary N) is 2. The largest absolute Gasteiger partial charge is 0.496 e. The molecule has 1 aromatic carbocycles. The highest BCUT2D eigenvalue weighted by atomic mass is 35.5. The number of carbonyl (C=O) groups excluding carboxylic acids is 1. The van der Waals surface area contributed by atoms with Gasteiger partial charge in [0.2, 0.25) is 0 Å². The first-order valence-electron chi connectivity index (χ1n) is 6.91. The van der Waals surface area contributed by atoms with E-state index in [-0.39, 0.29) is 12.1 Å². The van der Waals surface area contributed by atoms with Crippen LogP contribution in [0.2, 0.25) is 5.02 Å². The van der Waals surface area contributed by atoms with E-state index >= 15 is 0 Å². The van der Waals surface area contributed by atoms with Crippen LogP contribution in [0.25, 0.3) is 0 Å². The Morgan fingerprint density at radius 1 is 1.50 bits per heavy atom. The predicted molar refractivity (Wildman–Crippen MR) is 85.1 cm³/mol.